The highest BCUT2D eigenvalue weighted by Crippen LogP contribution is 2.42. The van der Waals surface area contributed by atoms with Crippen LogP contribution in [0.25, 0.3) is 11.3 Å². The number of anilines is 1. The van der Waals surface area contributed by atoms with Gasteiger partial charge < -0.3 is 9.64 Å². The zero-order valence-corrected chi connectivity index (χ0v) is 17.1. The van der Waals surface area contributed by atoms with Gasteiger partial charge in [0.1, 0.15) is 17.2 Å². The van der Waals surface area contributed by atoms with Gasteiger partial charge in [-0.25, -0.2) is 8.78 Å². The second-order valence-electron chi connectivity index (χ2n) is 8.17. The minimum Gasteiger partial charge on any atom is -0.483 e. The maximum Gasteiger partial charge on any atom is 0.422 e. The Kier molecular flexibility index (Phi) is 4.87. The summed E-state index contributed by atoms with van der Waals surface area (Å²) in [4.78, 5) is 18.7. The van der Waals surface area contributed by atoms with Crippen molar-refractivity contribution in [1.82, 2.24) is 14.8 Å². The number of alkyl halides is 4. The Labute approximate surface area is 184 Å². The first kappa shape index (κ1) is 21.4. The number of ether oxygens (including phenoxy) is 1. The average molecular weight is 464 g/mol. The van der Waals surface area contributed by atoms with Crippen molar-refractivity contribution < 1.29 is 31.5 Å². The largest absolute Gasteiger partial charge is 0.483 e. The van der Waals surface area contributed by atoms with Crippen molar-refractivity contribution >= 4 is 11.6 Å². The summed E-state index contributed by atoms with van der Waals surface area (Å²) in [6.07, 6.45) is 0.727. The predicted molar refractivity (Wildman–Crippen MR) is 107 cm³/mol. The molecule has 5 rings (SSSR count). The van der Waals surface area contributed by atoms with Crippen molar-refractivity contribution in [3.8, 4) is 17.0 Å². The highest BCUT2D eigenvalue weighted by molar-refractivity contribution is 6.11. The second-order valence-corrected chi connectivity index (χ2v) is 8.17. The summed E-state index contributed by atoms with van der Waals surface area (Å²) in [5.41, 5.74) is 0.322. The number of pyridine rings is 1. The number of rotatable bonds is 6. The lowest BCUT2D eigenvalue weighted by atomic mass is 10.0. The van der Waals surface area contributed by atoms with Crippen LogP contribution >= 0.6 is 0 Å². The van der Waals surface area contributed by atoms with Crippen LogP contribution in [-0.4, -0.2) is 39.1 Å². The molecular formula is C22H17F5N4O2. The number of carbonyl (C=O) groups excluding carboxylic acids is 1. The van der Waals surface area contributed by atoms with Gasteiger partial charge in [-0.3, -0.25) is 14.5 Å². The number of halogens is 5. The first-order valence-electron chi connectivity index (χ1n) is 10.1. The van der Waals surface area contributed by atoms with Crippen molar-refractivity contribution in [2.45, 2.75) is 37.8 Å². The molecule has 1 amide bonds. The molecule has 0 bridgehead atoms. The van der Waals surface area contributed by atoms with E-state index in [4.69, 9.17) is 4.74 Å². The normalized spacial score (nSPS) is 16.8. The number of aromatic nitrogens is 3. The standard InChI is InChI=1S/C22H17F5N4O2/c23-13-1-2-16(18(7-13)33-12-22(25,26)27)19-17-10-31(20(32)15(17)3-6-28-19)14-8-29-30(9-14)11-21(24)4-5-21/h1-3,6-9H,4-5,10-12H2. The third kappa shape index (κ3) is 4.27. The van der Waals surface area contributed by atoms with E-state index >= 15 is 0 Å². The molecule has 0 unspecified atom stereocenters. The van der Waals surface area contributed by atoms with Crippen LogP contribution in [0.3, 0.4) is 0 Å². The van der Waals surface area contributed by atoms with Gasteiger partial charge in [-0.2, -0.15) is 18.3 Å². The van der Waals surface area contributed by atoms with Gasteiger partial charge >= 0.3 is 6.18 Å². The van der Waals surface area contributed by atoms with E-state index in [1.165, 1.54) is 34.1 Å². The molecule has 1 aromatic carbocycles. The molecule has 1 aliphatic heterocycles. The van der Waals surface area contributed by atoms with Gasteiger partial charge in [0.2, 0.25) is 0 Å². The molecule has 1 aliphatic carbocycles. The van der Waals surface area contributed by atoms with Crippen molar-refractivity contribution in [1.29, 1.82) is 0 Å². The predicted octanol–water partition coefficient (Wildman–Crippen LogP) is 4.69. The molecule has 33 heavy (non-hydrogen) atoms. The van der Waals surface area contributed by atoms with Crippen LogP contribution in [0.4, 0.5) is 27.6 Å². The Morgan fingerprint density at radius 3 is 2.67 bits per heavy atom. The van der Waals surface area contributed by atoms with Gasteiger partial charge in [0.05, 0.1) is 30.7 Å². The third-order valence-electron chi connectivity index (χ3n) is 5.61. The fourth-order valence-corrected chi connectivity index (χ4v) is 3.80. The van der Waals surface area contributed by atoms with Crippen LogP contribution in [0.5, 0.6) is 5.75 Å². The average Bonchev–Trinajstić information content (AvgIpc) is 3.15. The molecular weight excluding hydrogens is 447 g/mol. The molecule has 0 spiro atoms. The highest BCUT2D eigenvalue weighted by atomic mass is 19.4. The number of hydrogen-bond acceptors (Lipinski definition) is 4. The van der Waals surface area contributed by atoms with Crippen LogP contribution in [0, 0.1) is 5.82 Å². The van der Waals surface area contributed by atoms with E-state index in [-0.39, 0.29) is 36.0 Å². The maximum atomic E-state index is 14.0. The molecule has 0 N–H and O–H groups in total. The summed E-state index contributed by atoms with van der Waals surface area (Å²) in [6.45, 7) is -1.43. The highest BCUT2D eigenvalue weighted by Gasteiger charge is 2.44. The molecule has 2 aliphatic rings. The summed E-state index contributed by atoms with van der Waals surface area (Å²) in [7, 11) is 0. The zero-order chi connectivity index (χ0) is 23.4. The minimum atomic E-state index is -4.61. The lowest BCUT2D eigenvalue weighted by molar-refractivity contribution is -0.153. The second kappa shape index (κ2) is 7.53. The van der Waals surface area contributed by atoms with Crippen molar-refractivity contribution in [2.24, 2.45) is 0 Å². The zero-order valence-electron chi connectivity index (χ0n) is 17.1. The molecule has 0 atom stereocenters. The number of benzene rings is 1. The van der Waals surface area contributed by atoms with Crippen molar-refractivity contribution in [3.05, 3.63) is 59.8 Å². The van der Waals surface area contributed by atoms with E-state index < -0.39 is 24.3 Å². The topological polar surface area (TPSA) is 60.2 Å². The van der Waals surface area contributed by atoms with E-state index in [0.29, 0.717) is 29.7 Å². The SMILES string of the molecule is O=C1c2ccnc(-c3ccc(F)cc3OCC(F)(F)F)c2CN1c1cnn(CC2(F)CC2)c1. The molecule has 0 saturated heterocycles. The molecule has 1 fully saturated rings. The maximum absolute atomic E-state index is 14.0. The molecule has 3 heterocycles. The Hall–Kier alpha value is -3.50. The summed E-state index contributed by atoms with van der Waals surface area (Å²) >= 11 is 0. The first-order valence-corrected chi connectivity index (χ1v) is 10.1. The Morgan fingerprint density at radius 2 is 1.94 bits per heavy atom. The number of hydrogen-bond donors (Lipinski definition) is 0. The quantitative estimate of drug-likeness (QED) is 0.497. The number of nitrogens with zero attached hydrogens (tertiary/aromatic N) is 4. The van der Waals surface area contributed by atoms with Crippen LogP contribution in [0.1, 0.15) is 28.8 Å². The van der Waals surface area contributed by atoms with Crippen LogP contribution < -0.4 is 9.64 Å². The molecule has 0 radical (unpaired) electrons. The monoisotopic (exact) mass is 464 g/mol. The van der Waals surface area contributed by atoms with Crippen LogP contribution in [-0.2, 0) is 13.1 Å². The molecule has 11 heteroatoms. The van der Waals surface area contributed by atoms with Crippen molar-refractivity contribution in [2.75, 3.05) is 11.5 Å². The minimum absolute atomic E-state index is 0.0693. The van der Waals surface area contributed by atoms with Crippen LogP contribution in [0.15, 0.2) is 42.9 Å². The molecule has 172 valence electrons. The smallest absolute Gasteiger partial charge is 0.422 e. The lowest BCUT2D eigenvalue weighted by Gasteiger charge is -2.15. The Morgan fingerprint density at radius 1 is 1.15 bits per heavy atom. The third-order valence-corrected chi connectivity index (χ3v) is 5.61. The van der Waals surface area contributed by atoms with Gasteiger partial charge in [-0.1, -0.05) is 0 Å². The van der Waals surface area contributed by atoms with E-state index in [1.54, 1.807) is 6.20 Å². The molecule has 3 aromatic rings. The number of fused-ring (bicyclic) bond motifs is 1. The van der Waals surface area contributed by atoms with E-state index in [1.807, 2.05) is 0 Å². The summed E-state index contributed by atoms with van der Waals surface area (Å²) in [5, 5.41) is 4.13. The van der Waals surface area contributed by atoms with Gasteiger partial charge in [-0.05, 0) is 31.0 Å². The fraction of sp³-hybridized carbons (Fsp3) is 0.318. The van der Waals surface area contributed by atoms with Gasteiger partial charge in [0, 0.05) is 35.2 Å². The summed E-state index contributed by atoms with van der Waals surface area (Å²) in [6, 6.07) is 4.71. The van der Waals surface area contributed by atoms with Gasteiger partial charge in [-0.15, -0.1) is 0 Å². The molecule has 2 aromatic heterocycles. The van der Waals surface area contributed by atoms with E-state index in [2.05, 4.69) is 10.1 Å². The van der Waals surface area contributed by atoms with Gasteiger partial charge in [0.25, 0.3) is 5.91 Å². The number of amides is 1. The lowest BCUT2D eigenvalue weighted by Crippen LogP contribution is -2.22. The Bertz CT molecular complexity index is 1240. The van der Waals surface area contributed by atoms with Crippen LogP contribution in [0.2, 0.25) is 0 Å². The molecule has 6 nitrogen and oxygen atoms in total. The Balaban J connectivity index is 1.46. The fourth-order valence-electron chi connectivity index (χ4n) is 3.80. The van der Waals surface area contributed by atoms with Gasteiger partial charge in [0.15, 0.2) is 6.61 Å². The first-order chi connectivity index (χ1) is 15.6. The van der Waals surface area contributed by atoms with E-state index in [0.717, 1.165) is 12.1 Å². The van der Waals surface area contributed by atoms with Crippen molar-refractivity contribution in [3.63, 3.8) is 0 Å². The molecule has 1 saturated carbocycles. The van der Waals surface area contributed by atoms with E-state index in [9.17, 15) is 26.7 Å². The number of carbonyl (C=O) groups is 1. The summed E-state index contributed by atoms with van der Waals surface area (Å²) < 4.78 is 72.1. The summed E-state index contributed by atoms with van der Waals surface area (Å²) in [5.74, 6) is -1.45.